The number of pyridine rings is 1. The van der Waals surface area contributed by atoms with Crippen molar-refractivity contribution in [1.29, 1.82) is 0 Å². The summed E-state index contributed by atoms with van der Waals surface area (Å²) in [5, 5.41) is 10.0. The Morgan fingerprint density at radius 2 is 1.98 bits per heavy atom. The lowest BCUT2D eigenvalue weighted by Crippen LogP contribution is -2.60. The molecule has 1 amide bonds. The first kappa shape index (κ1) is 26.0. The standard InChI is InChI=1S/C28H28F3N7O3/c1-35-16-32-33-25(35)24(18-4-2-5-18)19-6-3-7-20(9-19)36-13-22-21(28(29,30)31)8-17(11-37(22)26(36)40)12-38-27(14-41-15-27)10-23(39)34-38/h3,6-9,11,13,16,18,24H,2,4-5,10,12,14-15H2,1H3,(H,34,39)/t24-/m1/s1. The van der Waals surface area contributed by atoms with Crippen molar-refractivity contribution < 1.29 is 22.7 Å². The Hall–Kier alpha value is -3.97. The van der Waals surface area contributed by atoms with Crippen LogP contribution in [0.2, 0.25) is 0 Å². The molecule has 3 fully saturated rings. The van der Waals surface area contributed by atoms with Crippen LogP contribution in [0.15, 0.2) is 53.8 Å². The van der Waals surface area contributed by atoms with Crippen LogP contribution in [0.4, 0.5) is 13.2 Å². The Morgan fingerprint density at radius 3 is 2.61 bits per heavy atom. The molecule has 214 valence electrons. The van der Waals surface area contributed by atoms with E-state index in [4.69, 9.17) is 4.74 Å². The highest BCUT2D eigenvalue weighted by atomic mass is 19.4. The molecular weight excluding hydrogens is 539 g/mol. The second-order valence-electron chi connectivity index (χ2n) is 11.4. The fourth-order valence-electron chi connectivity index (χ4n) is 6.28. The third-order valence-corrected chi connectivity index (χ3v) is 8.69. The predicted molar refractivity (Wildman–Crippen MR) is 140 cm³/mol. The number of alkyl halides is 3. The largest absolute Gasteiger partial charge is 0.418 e. The lowest BCUT2D eigenvalue weighted by atomic mass is 9.72. The number of aryl methyl sites for hydroxylation is 1. The average Bonchev–Trinajstić information content (AvgIpc) is 3.55. The number of hydrogen-bond acceptors (Lipinski definition) is 6. The van der Waals surface area contributed by atoms with Crippen molar-refractivity contribution >= 4 is 11.4 Å². The zero-order valence-corrected chi connectivity index (χ0v) is 22.3. The third-order valence-electron chi connectivity index (χ3n) is 8.69. The van der Waals surface area contributed by atoms with Crippen molar-refractivity contribution in [2.24, 2.45) is 13.0 Å². The predicted octanol–water partition coefficient (Wildman–Crippen LogP) is 3.18. The van der Waals surface area contributed by atoms with Gasteiger partial charge in [-0.1, -0.05) is 18.6 Å². The van der Waals surface area contributed by atoms with E-state index in [1.807, 2.05) is 29.8 Å². The van der Waals surface area contributed by atoms with Crippen LogP contribution in [-0.4, -0.2) is 53.4 Å². The van der Waals surface area contributed by atoms with Crippen molar-refractivity contribution in [3.05, 3.63) is 82.1 Å². The molecule has 10 nitrogen and oxygen atoms in total. The maximum absolute atomic E-state index is 14.3. The van der Waals surface area contributed by atoms with Gasteiger partial charge in [0.05, 0.1) is 41.9 Å². The van der Waals surface area contributed by atoms with E-state index in [1.54, 1.807) is 17.4 Å². The molecule has 1 aliphatic carbocycles. The third kappa shape index (κ3) is 4.25. The van der Waals surface area contributed by atoms with Crippen molar-refractivity contribution in [2.75, 3.05) is 13.2 Å². The fourth-order valence-corrected chi connectivity index (χ4v) is 6.28. The van der Waals surface area contributed by atoms with Gasteiger partial charge in [-0.25, -0.2) is 9.80 Å². The summed E-state index contributed by atoms with van der Waals surface area (Å²) in [5.41, 5.74) is 2.02. The van der Waals surface area contributed by atoms with Crippen molar-refractivity contribution in [1.82, 2.24) is 34.2 Å². The number of amides is 1. The molecule has 4 aromatic rings. The summed E-state index contributed by atoms with van der Waals surface area (Å²) < 4.78 is 52.4. The van der Waals surface area contributed by atoms with E-state index in [-0.39, 0.29) is 35.9 Å². The number of fused-ring (bicyclic) bond motifs is 1. The van der Waals surface area contributed by atoms with E-state index >= 15 is 0 Å². The number of nitrogens with one attached hydrogen (secondary N) is 1. The minimum Gasteiger partial charge on any atom is -0.377 e. The highest BCUT2D eigenvalue weighted by Crippen LogP contribution is 2.43. The smallest absolute Gasteiger partial charge is 0.377 e. The first-order valence-corrected chi connectivity index (χ1v) is 13.6. The molecule has 1 aromatic carbocycles. The van der Waals surface area contributed by atoms with Gasteiger partial charge >= 0.3 is 11.9 Å². The Labute approximate surface area is 232 Å². The second-order valence-corrected chi connectivity index (χ2v) is 11.4. The maximum Gasteiger partial charge on any atom is 0.418 e. The summed E-state index contributed by atoms with van der Waals surface area (Å²) in [4.78, 5) is 25.7. The molecule has 7 rings (SSSR count). The number of carbonyl (C=O) groups excluding carboxylic acids is 1. The van der Waals surface area contributed by atoms with Gasteiger partial charge in [0.25, 0.3) is 0 Å². The van der Waals surface area contributed by atoms with Crippen LogP contribution in [0.25, 0.3) is 11.2 Å². The average molecular weight is 568 g/mol. The van der Waals surface area contributed by atoms with E-state index in [0.717, 1.165) is 41.1 Å². The van der Waals surface area contributed by atoms with E-state index in [1.165, 1.54) is 17.0 Å². The number of aromatic nitrogens is 5. The molecule has 0 bridgehead atoms. The summed E-state index contributed by atoms with van der Waals surface area (Å²) >= 11 is 0. The summed E-state index contributed by atoms with van der Waals surface area (Å²) in [5.74, 6) is 0.927. The van der Waals surface area contributed by atoms with Crippen LogP contribution >= 0.6 is 0 Å². The van der Waals surface area contributed by atoms with E-state index in [0.29, 0.717) is 24.8 Å². The van der Waals surface area contributed by atoms with Crippen LogP contribution in [0.1, 0.15) is 54.1 Å². The van der Waals surface area contributed by atoms with Crippen molar-refractivity contribution in [2.45, 2.75) is 49.9 Å². The number of ether oxygens (including phenoxy) is 1. The molecule has 1 atom stereocenters. The first-order chi connectivity index (χ1) is 19.6. The first-order valence-electron chi connectivity index (χ1n) is 13.6. The number of hydrazine groups is 1. The van der Waals surface area contributed by atoms with Gasteiger partial charge in [-0.15, -0.1) is 10.2 Å². The van der Waals surface area contributed by atoms with Gasteiger partial charge in [-0.2, -0.15) is 13.2 Å². The Balaban J connectivity index is 1.30. The molecule has 1 saturated carbocycles. The molecule has 3 aromatic heterocycles. The monoisotopic (exact) mass is 567 g/mol. The molecule has 2 aliphatic heterocycles. The normalized spacial score (nSPS) is 19.9. The number of carbonyl (C=O) groups is 1. The van der Waals surface area contributed by atoms with Gasteiger partial charge in [0, 0.05) is 31.9 Å². The lowest BCUT2D eigenvalue weighted by molar-refractivity contribution is -0.139. The molecule has 5 heterocycles. The maximum atomic E-state index is 14.3. The zero-order chi connectivity index (χ0) is 28.5. The number of rotatable bonds is 6. The van der Waals surface area contributed by atoms with E-state index in [2.05, 4.69) is 15.6 Å². The quantitative estimate of drug-likeness (QED) is 0.385. The van der Waals surface area contributed by atoms with Crippen LogP contribution in [0.3, 0.4) is 0 Å². The molecule has 41 heavy (non-hydrogen) atoms. The number of halogens is 3. The summed E-state index contributed by atoms with van der Waals surface area (Å²) in [6.07, 6.45) is 3.04. The number of hydrogen-bond donors (Lipinski definition) is 1. The molecule has 13 heteroatoms. The molecule has 1 N–H and O–H groups in total. The van der Waals surface area contributed by atoms with Crippen LogP contribution in [0.5, 0.6) is 0 Å². The number of benzene rings is 1. The summed E-state index contributed by atoms with van der Waals surface area (Å²) in [6.45, 7) is 0.619. The van der Waals surface area contributed by atoms with E-state index < -0.39 is 23.0 Å². The Kier molecular flexibility index (Phi) is 5.88. The number of imidazole rings is 1. The minimum atomic E-state index is -4.70. The van der Waals surface area contributed by atoms with Gasteiger partial charge < -0.3 is 9.30 Å². The van der Waals surface area contributed by atoms with Gasteiger partial charge in [-0.3, -0.25) is 19.2 Å². The number of nitrogens with zero attached hydrogens (tertiary/aromatic N) is 6. The summed E-state index contributed by atoms with van der Waals surface area (Å²) in [6, 6.07) is 8.40. The molecule has 2 saturated heterocycles. The second kappa shape index (κ2) is 9.28. The van der Waals surface area contributed by atoms with Crippen molar-refractivity contribution in [3.63, 3.8) is 0 Å². The van der Waals surface area contributed by atoms with E-state index in [9.17, 15) is 22.8 Å². The molecule has 1 spiro atoms. The van der Waals surface area contributed by atoms with Crippen LogP contribution < -0.4 is 11.1 Å². The summed E-state index contributed by atoms with van der Waals surface area (Å²) in [7, 11) is 1.89. The van der Waals surface area contributed by atoms with Gasteiger partial charge in [-0.05, 0) is 48.1 Å². The molecule has 0 unspecified atom stereocenters. The van der Waals surface area contributed by atoms with Crippen LogP contribution in [0, 0.1) is 5.92 Å². The molecule has 3 aliphatic rings. The van der Waals surface area contributed by atoms with Gasteiger partial charge in [0.1, 0.15) is 12.2 Å². The highest BCUT2D eigenvalue weighted by Gasteiger charge is 2.51. The highest BCUT2D eigenvalue weighted by molar-refractivity contribution is 5.79. The Morgan fingerprint density at radius 1 is 1.17 bits per heavy atom. The van der Waals surface area contributed by atoms with Crippen LogP contribution in [-0.2, 0) is 29.3 Å². The fraction of sp³-hybridized carbons (Fsp3) is 0.429. The molecule has 0 radical (unpaired) electrons. The van der Waals surface area contributed by atoms with Gasteiger partial charge in [0.15, 0.2) is 0 Å². The minimum absolute atomic E-state index is 0.00198. The lowest BCUT2D eigenvalue weighted by Gasteiger charge is -2.43. The van der Waals surface area contributed by atoms with Gasteiger partial charge in [0.2, 0.25) is 5.91 Å². The zero-order valence-electron chi connectivity index (χ0n) is 22.3. The SMILES string of the molecule is Cn1cnnc1[C@@H](c1cccc(-n2cc3c(C(F)(F)F)cc(CN4NC(=O)CC45COC5)cn3c2=O)c1)C1CCC1. The molecular formula is C28H28F3N7O3. The topological polar surface area (TPSA) is 98.7 Å². The Bertz CT molecular complexity index is 1710. The van der Waals surface area contributed by atoms with Crippen molar-refractivity contribution in [3.8, 4) is 5.69 Å².